The predicted octanol–water partition coefficient (Wildman–Crippen LogP) is 1.65. The van der Waals surface area contributed by atoms with Gasteiger partial charge in [0, 0.05) is 25.2 Å². The Balaban J connectivity index is 1.89. The minimum absolute atomic E-state index is 0.0905. The van der Waals surface area contributed by atoms with Gasteiger partial charge in [-0.1, -0.05) is 19.1 Å². The van der Waals surface area contributed by atoms with E-state index in [2.05, 4.69) is 11.6 Å². The zero-order valence-corrected chi connectivity index (χ0v) is 14.0. The first kappa shape index (κ1) is 17.0. The van der Waals surface area contributed by atoms with Crippen molar-refractivity contribution in [3.63, 3.8) is 0 Å². The van der Waals surface area contributed by atoms with Crippen molar-refractivity contribution in [2.24, 2.45) is 5.92 Å². The Kier molecular flexibility index (Phi) is 5.58. The van der Waals surface area contributed by atoms with Gasteiger partial charge < -0.3 is 4.90 Å². The minimum atomic E-state index is -3.15. The first-order valence-corrected chi connectivity index (χ1v) is 9.57. The molecule has 1 aliphatic rings. The number of piperidine rings is 1. The van der Waals surface area contributed by atoms with Crippen LogP contribution in [0, 0.1) is 5.92 Å². The average Bonchev–Trinajstić information content (AvgIpc) is 2.47. The third-order valence-electron chi connectivity index (χ3n) is 4.05. The van der Waals surface area contributed by atoms with Crippen molar-refractivity contribution in [2.75, 3.05) is 25.9 Å². The van der Waals surface area contributed by atoms with Crippen LogP contribution in [0.25, 0.3) is 0 Å². The zero-order chi connectivity index (χ0) is 16.2. The molecule has 6 heteroatoms. The molecule has 0 saturated carbocycles. The number of carbonyl (C=O) groups is 1. The Morgan fingerprint density at radius 2 is 1.82 bits per heavy atom. The van der Waals surface area contributed by atoms with Crippen LogP contribution in [0.5, 0.6) is 0 Å². The van der Waals surface area contributed by atoms with Gasteiger partial charge in [0.25, 0.3) is 5.91 Å². The number of hydrogen-bond acceptors (Lipinski definition) is 3. The second-order valence-electron chi connectivity index (χ2n) is 6.09. The number of amides is 1. The Morgan fingerprint density at radius 3 is 2.36 bits per heavy atom. The molecule has 0 spiro atoms. The second kappa shape index (κ2) is 7.24. The molecular weight excluding hydrogens is 300 g/mol. The Morgan fingerprint density at radius 1 is 1.23 bits per heavy atom. The highest BCUT2D eigenvalue weighted by molar-refractivity contribution is 7.88. The van der Waals surface area contributed by atoms with E-state index in [0.29, 0.717) is 24.4 Å². The third-order valence-corrected chi connectivity index (χ3v) is 4.78. The number of benzene rings is 1. The summed E-state index contributed by atoms with van der Waals surface area (Å²) in [7, 11) is -3.15. The standard InChI is InChI=1S/C16H24N2O3S/c1-13-8-11-18(12-9-13)16(19)15-5-3-14(4-6-15)7-10-17-22(2,20)21/h3-6,13,17H,7-12H2,1-2H3. The van der Waals surface area contributed by atoms with Crippen LogP contribution in [-0.4, -0.2) is 45.1 Å². The summed E-state index contributed by atoms with van der Waals surface area (Å²) in [4.78, 5) is 14.3. The maximum absolute atomic E-state index is 12.4. The molecule has 1 aromatic carbocycles. The molecule has 1 saturated heterocycles. The molecule has 1 amide bonds. The van der Waals surface area contributed by atoms with E-state index in [1.54, 1.807) is 0 Å². The van der Waals surface area contributed by atoms with Crippen molar-refractivity contribution >= 4 is 15.9 Å². The van der Waals surface area contributed by atoms with Gasteiger partial charge in [-0.2, -0.15) is 0 Å². The van der Waals surface area contributed by atoms with Crippen molar-refractivity contribution in [3.8, 4) is 0 Å². The van der Waals surface area contributed by atoms with E-state index >= 15 is 0 Å². The van der Waals surface area contributed by atoms with Crippen LogP contribution >= 0.6 is 0 Å². The fourth-order valence-electron chi connectivity index (χ4n) is 2.59. The molecule has 2 rings (SSSR count). The molecule has 22 heavy (non-hydrogen) atoms. The highest BCUT2D eigenvalue weighted by atomic mass is 32.2. The minimum Gasteiger partial charge on any atom is -0.339 e. The number of likely N-dealkylation sites (tertiary alicyclic amines) is 1. The Hall–Kier alpha value is -1.40. The number of rotatable bonds is 5. The summed E-state index contributed by atoms with van der Waals surface area (Å²) >= 11 is 0. The van der Waals surface area contributed by atoms with Crippen molar-refractivity contribution in [1.29, 1.82) is 0 Å². The lowest BCUT2D eigenvalue weighted by Gasteiger charge is -2.30. The summed E-state index contributed by atoms with van der Waals surface area (Å²) in [5.41, 5.74) is 1.72. The molecule has 1 heterocycles. The van der Waals surface area contributed by atoms with Crippen LogP contribution in [0.4, 0.5) is 0 Å². The molecule has 0 radical (unpaired) electrons. The smallest absolute Gasteiger partial charge is 0.253 e. The third kappa shape index (κ3) is 5.10. The fraction of sp³-hybridized carbons (Fsp3) is 0.562. The summed E-state index contributed by atoms with van der Waals surface area (Å²) in [5, 5.41) is 0. The Labute approximate surface area is 132 Å². The van der Waals surface area contributed by atoms with Crippen molar-refractivity contribution < 1.29 is 13.2 Å². The summed E-state index contributed by atoms with van der Waals surface area (Å²) in [5.74, 6) is 0.793. The van der Waals surface area contributed by atoms with Gasteiger partial charge in [-0.15, -0.1) is 0 Å². The number of sulfonamides is 1. The molecule has 0 bridgehead atoms. The van der Waals surface area contributed by atoms with E-state index in [1.165, 1.54) is 0 Å². The number of nitrogens with one attached hydrogen (secondary N) is 1. The zero-order valence-electron chi connectivity index (χ0n) is 13.2. The molecule has 5 nitrogen and oxygen atoms in total. The van der Waals surface area contributed by atoms with Gasteiger partial charge in [-0.3, -0.25) is 4.79 Å². The van der Waals surface area contributed by atoms with Gasteiger partial charge in [-0.05, 0) is 42.9 Å². The lowest BCUT2D eigenvalue weighted by Crippen LogP contribution is -2.37. The largest absolute Gasteiger partial charge is 0.339 e. The van der Waals surface area contributed by atoms with E-state index in [9.17, 15) is 13.2 Å². The molecule has 1 aliphatic heterocycles. The summed E-state index contributed by atoms with van der Waals surface area (Å²) < 4.78 is 24.5. The van der Waals surface area contributed by atoms with E-state index in [1.807, 2.05) is 29.2 Å². The van der Waals surface area contributed by atoms with Crippen molar-refractivity contribution in [3.05, 3.63) is 35.4 Å². The summed E-state index contributed by atoms with van der Waals surface area (Å²) in [6.07, 6.45) is 3.90. The van der Waals surface area contributed by atoms with Gasteiger partial charge in [0.05, 0.1) is 6.26 Å². The normalized spacial score (nSPS) is 16.7. The van der Waals surface area contributed by atoms with Gasteiger partial charge in [0.15, 0.2) is 0 Å². The summed E-state index contributed by atoms with van der Waals surface area (Å²) in [6.45, 7) is 4.26. The lowest BCUT2D eigenvalue weighted by molar-refractivity contribution is 0.0697. The van der Waals surface area contributed by atoms with Gasteiger partial charge >= 0.3 is 0 Å². The molecule has 0 unspecified atom stereocenters. The predicted molar refractivity (Wildman–Crippen MR) is 87.3 cm³/mol. The van der Waals surface area contributed by atoms with E-state index in [4.69, 9.17) is 0 Å². The first-order valence-electron chi connectivity index (χ1n) is 7.68. The topological polar surface area (TPSA) is 66.5 Å². The maximum Gasteiger partial charge on any atom is 0.253 e. The highest BCUT2D eigenvalue weighted by Gasteiger charge is 2.21. The first-order chi connectivity index (χ1) is 10.3. The Bertz CT molecular complexity index is 603. The second-order valence-corrected chi connectivity index (χ2v) is 7.92. The average molecular weight is 324 g/mol. The van der Waals surface area contributed by atoms with E-state index < -0.39 is 10.0 Å². The number of carbonyl (C=O) groups excluding carboxylic acids is 1. The van der Waals surface area contributed by atoms with Crippen molar-refractivity contribution in [2.45, 2.75) is 26.2 Å². The van der Waals surface area contributed by atoms with Gasteiger partial charge in [0.1, 0.15) is 0 Å². The fourth-order valence-corrected chi connectivity index (χ4v) is 3.06. The molecular formula is C16H24N2O3S. The number of hydrogen-bond donors (Lipinski definition) is 1. The van der Waals surface area contributed by atoms with Crippen LogP contribution in [0.2, 0.25) is 0 Å². The lowest BCUT2D eigenvalue weighted by atomic mass is 9.98. The summed E-state index contributed by atoms with van der Waals surface area (Å²) in [6, 6.07) is 7.44. The molecule has 122 valence electrons. The quantitative estimate of drug-likeness (QED) is 0.895. The monoisotopic (exact) mass is 324 g/mol. The SMILES string of the molecule is CC1CCN(C(=O)c2ccc(CCNS(C)(=O)=O)cc2)CC1. The van der Waals surface area contributed by atoms with Crippen LogP contribution in [-0.2, 0) is 16.4 Å². The van der Waals surface area contributed by atoms with Crippen LogP contribution < -0.4 is 4.72 Å². The van der Waals surface area contributed by atoms with E-state index in [0.717, 1.165) is 37.8 Å². The highest BCUT2D eigenvalue weighted by Crippen LogP contribution is 2.18. The maximum atomic E-state index is 12.4. The van der Waals surface area contributed by atoms with Crippen molar-refractivity contribution in [1.82, 2.24) is 9.62 Å². The number of nitrogens with zero attached hydrogens (tertiary/aromatic N) is 1. The van der Waals surface area contributed by atoms with Crippen LogP contribution in [0.1, 0.15) is 35.7 Å². The molecule has 1 fully saturated rings. The van der Waals surface area contributed by atoms with Crippen LogP contribution in [0.15, 0.2) is 24.3 Å². The molecule has 0 aliphatic carbocycles. The van der Waals surface area contributed by atoms with Gasteiger partial charge in [0.2, 0.25) is 10.0 Å². The molecule has 0 atom stereocenters. The molecule has 0 aromatic heterocycles. The van der Waals surface area contributed by atoms with Gasteiger partial charge in [-0.25, -0.2) is 13.1 Å². The van der Waals surface area contributed by atoms with Crippen LogP contribution in [0.3, 0.4) is 0 Å². The molecule has 1 N–H and O–H groups in total. The molecule has 1 aromatic rings. The van der Waals surface area contributed by atoms with E-state index in [-0.39, 0.29) is 5.91 Å².